The smallest absolute Gasteiger partial charge is 0.303 e. The molecule has 0 bridgehead atoms. The number of carboxylic acids is 1. The summed E-state index contributed by atoms with van der Waals surface area (Å²) in [6, 6.07) is 9.55. The van der Waals surface area contributed by atoms with E-state index in [0.717, 1.165) is 36.6 Å². The summed E-state index contributed by atoms with van der Waals surface area (Å²) in [7, 11) is 0. The molecule has 1 saturated carbocycles. The van der Waals surface area contributed by atoms with Crippen molar-refractivity contribution in [3.63, 3.8) is 0 Å². The molecule has 1 aromatic carbocycles. The number of nitrogens with one attached hydrogen (secondary N) is 2. The molecule has 1 aliphatic carbocycles. The van der Waals surface area contributed by atoms with Crippen LogP contribution in [0.1, 0.15) is 55.4 Å². The predicted octanol–water partition coefficient (Wildman–Crippen LogP) is 3.71. The Balaban J connectivity index is 1.72. The average molecular weight is 328 g/mol. The van der Waals surface area contributed by atoms with Gasteiger partial charge < -0.3 is 15.4 Å². The van der Waals surface area contributed by atoms with Crippen LogP contribution in [0, 0.1) is 5.92 Å². The first-order chi connectivity index (χ1) is 11.6. The molecule has 5 heteroatoms. The normalized spacial score (nSPS) is 16.8. The Kier molecular flexibility index (Phi) is 5.18. The molecule has 1 aliphatic rings. The molecule has 1 aromatic heterocycles. The number of carbonyl (C=O) groups excluding carboxylic acids is 1. The second kappa shape index (κ2) is 7.51. The van der Waals surface area contributed by atoms with Gasteiger partial charge >= 0.3 is 5.97 Å². The standard InChI is InChI=1S/C19H24N2O3/c22-18(23)11-10-16(13-6-2-1-3-7-13)21-19(24)17-12-14-8-4-5-9-15(14)20-17/h4-5,8-9,12-13,16,20H,1-3,6-7,10-11H2,(H,21,24)(H,22,23). The third-order valence-electron chi connectivity index (χ3n) is 4.98. The van der Waals surface area contributed by atoms with Gasteiger partial charge in [0.25, 0.3) is 5.91 Å². The third kappa shape index (κ3) is 3.96. The van der Waals surface area contributed by atoms with Crippen molar-refractivity contribution in [2.24, 2.45) is 5.92 Å². The minimum absolute atomic E-state index is 0.0692. The number of hydrogen-bond acceptors (Lipinski definition) is 2. The van der Waals surface area contributed by atoms with E-state index in [2.05, 4.69) is 10.3 Å². The van der Waals surface area contributed by atoms with E-state index >= 15 is 0 Å². The number of hydrogen-bond donors (Lipinski definition) is 3. The van der Waals surface area contributed by atoms with E-state index in [1.165, 1.54) is 6.42 Å². The van der Waals surface area contributed by atoms with Gasteiger partial charge in [0.15, 0.2) is 0 Å². The van der Waals surface area contributed by atoms with Crippen molar-refractivity contribution in [2.45, 2.75) is 51.0 Å². The molecule has 0 saturated heterocycles. The Hall–Kier alpha value is -2.30. The van der Waals surface area contributed by atoms with Crippen molar-refractivity contribution in [3.8, 4) is 0 Å². The van der Waals surface area contributed by atoms with Crippen LogP contribution >= 0.6 is 0 Å². The highest BCUT2D eigenvalue weighted by Crippen LogP contribution is 2.28. The summed E-state index contributed by atoms with van der Waals surface area (Å²) in [4.78, 5) is 26.7. The molecule has 0 spiro atoms. The van der Waals surface area contributed by atoms with E-state index in [9.17, 15) is 9.59 Å². The van der Waals surface area contributed by atoms with Crippen molar-refractivity contribution < 1.29 is 14.7 Å². The second-order valence-electron chi connectivity index (χ2n) is 6.68. The average Bonchev–Trinajstić information content (AvgIpc) is 3.03. The fraction of sp³-hybridized carbons (Fsp3) is 0.474. The first-order valence-electron chi connectivity index (χ1n) is 8.74. The minimum atomic E-state index is -0.810. The number of H-pyrrole nitrogens is 1. The molecule has 1 fully saturated rings. The van der Waals surface area contributed by atoms with Crippen LogP contribution in [0.2, 0.25) is 0 Å². The maximum absolute atomic E-state index is 12.6. The number of amides is 1. The Labute approximate surface area is 141 Å². The highest BCUT2D eigenvalue weighted by molar-refractivity contribution is 5.98. The summed E-state index contributed by atoms with van der Waals surface area (Å²) in [6.45, 7) is 0. The van der Waals surface area contributed by atoms with Gasteiger partial charge in [-0.25, -0.2) is 0 Å². The number of carboxylic acid groups (broad SMARTS) is 1. The lowest BCUT2D eigenvalue weighted by Crippen LogP contribution is -2.41. The molecule has 1 amide bonds. The van der Waals surface area contributed by atoms with Gasteiger partial charge in [0.05, 0.1) is 0 Å². The zero-order chi connectivity index (χ0) is 16.9. The molecule has 5 nitrogen and oxygen atoms in total. The summed E-state index contributed by atoms with van der Waals surface area (Å²) in [5, 5.41) is 13.1. The van der Waals surface area contributed by atoms with Crippen LogP contribution in [0.3, 0.4) is 0 Å². The monoisotopic (exact) mass is 328 g/mol. The first kappa shape index (κ1) is 16.6. The Bertz CT molecular complexity index is 683. The van der Waals surface area contributed by atoms with Gasteiger partial charge in [0.1, 0.15) is 5.69 Å². The van der Waals surface area contributed by atoms with Crippen molar-refractivity contribution in [2.75, 3.05) is 0 Å². The van der Waals surface area contributed by atoms with Gasteiger partial charge in [0, 0.05) is 23.4 Å². The second-order valence-corrected chi connectivity index (χ2v) is 6.68. The number of carbonyl (C=O) groups is 2. The number of para-hydroxylation sites is 1. The summed E-state index contributed by atoms with van der Waals surface area (Å²) in [5.74, 6) is -0.575. The number of aromatic nitrogens is 1. The number of aromatic amines is 1. The Morgan fingerprint density at radius 2 is 1.96 bits per heavy atom. The SMILES string of the molecule is O=C(O)CCC(NC(=O)c1cc2ccccc2[nH]1)C1CCCCC1. The number of fused-ring (bicyclic) bond motifs is 1. The van der Waals surface area contributed by atoms with Gasteiger partial charge in [-0.3, -0.25) is 9.59 Å². The number of rotatable bonds is 6. The van der Waals surface area contributed by atoms with E-state index in [0.29, 0.717) is 18.0 Å². The summed E-state index contributed by atoms with van der Waals surface area (Å²) >= 11 is 0. The molecule has 1 atom stereocenters. The fourth-order valence-corrected chi connectivity index (χ4v) is 3.68. The molecule has 1 unspecified atom stereocenters. The number of aliphatic carboxylic acids is 1. The first-order valence-corrected chi connectivity index (χ1v) is 8.74. The molecule has 3 rings (SSSR count). The molecular weight excluding hydrogens is 304 g/mol. The highest BCUT2D eigenvalue weighted by Gasteiger charge is 2.26. The largest absolute Gasteiger partial charge is 0.481 e. The van der Waals surface area contributed by atoms with Gasteiger partial charge in [0.2, 0.25) is 0 Å². The maximum atomic E-state index is 12.6. The molecule has 2 aromatic rings. The molecule has 1 heterocycles. The molecule has 24 heavy (non-hydrogen) atoms. The topological polar surface area (TPSA) is 82.2 Å². The number of benzene rings is 1. The van der Waals surface area contributed by atoms with Gasteiger partial charge in [-0.15, -0.1) is 0 Å². The van der Waals surface area contributed by atoms with E-state index in [-0.39, 0.29) is 18.4 Å². The van der Waals surface area contributed by atoms with E-state index in [4.69, 9.17) is 5.11 Å². The van der Waals surface area contributed by atoms with Crippen LogP contribution in [-0.4, -0.2) is 28.0 Å². The van der Waals surface area contributed by atoms with Crippen molar-refractivity contribution in [1.82, 2.24) is 10.3 Å². The van der Waals surface area contributed by atoms with Crippen molar-refractivity contribution in [3.05, 3.63) is 36.0 Å². The van der Waals surface area contributed by atoms with Crippen LogP contribution in [0.25, 0.3) is 10.9 Å². The lowest BCUT2D eigenvalue weighted by Gasteiger charge is -2.30. The molecule has 0 aliphatic heterocycles. The minimum Gasteiger partial charge on any atom is -0.481 e. The van der Waals surface area contributed by atoms with E-state index in [1.807, 2.05) is 30.3 Å². The van der Waals surface area contributed by atoms with Gasteiger partial charge in [-0.1, -0.05) is 37.5 Å². The maximum Gasteiger partial charge on any atom is 0.303 e. The lowest BCUT2D eigenvalue weighted by molar-refractivity contribution is -0.137. The van der Waals surface area contributed by atoms with Crippen LogP contribution in [-0.2, 0) is 4.79 Å². The van der Waals surface area contributed by atoms with Crippen LogP contribution in [0.4, 0.5) is 0 Å². The quantitative estimate of drug-likeness (QED) is 0.756. The zero-order valence-corrected chi connectivity index (χ0v) is 13.8. The molecular formula is C19H24N2O3. The van der Waals surface area contributed by atoms with Crippen LogP contribution in [0.5, 0.6) is 0 Å². The van der Waals surface area contributed by atoms with Crippen LogP contribution in [0.15, 0.2) is 30.3 Å². The predicted molar refractivity (Wildman–Crippen MR) is 93.0 cm³/mol. The fourth-order valence-electron chi connectivity index (χ4n) is 3.68. The van der Waals surface area contributed by atoms with Gasteiger partial charge in [-0.05, 0) is 37.3 Å². The molecule has 0 radical (unpaired) electrons. The lowest BCUT2D eigenvalue weighted by atomic mass is 9.82. The molecule has 128 valence electrons. The summed E-state index contributed by atoms with van der Waals surface area (Å²) in [6.07, 6.45) is 6.28. The Morgan fingerprint density at radius 1 is 1.21 bits per heavy atom. The van der Waals surface area contributed by atoms with Crippen molar-refractivity contribution in [1.29, 1.82) is 0 Å². The Morgan fingerprint density at radius 3 is 2.67 bits per heavy atom. The molecule has 3 N–H and O–H groups in total. The third-order valence-corrected chi connectivity index (χ3v) is 4.98. The van der Waals surface area contributed by atoms with E-state index < -0.39 is 5.97 Å². The van der Waals surface area contributed by atoms with Crippen molar-refractivity contribution >= 4 is 22.8 Å². The highest BCUT2D eigenvalue weighted by atomic mass is 16.4. The summed E-state index contributed by atoms with van der Waals surface area (Å²) in [5.41, 5.74) is 1.47. The zero-order valence-electron chi connectivity index (χ0n) is 13.8. The van der Waals surface area contributed by atoms with E-state index in [1.54, 1.807) is 0 Å². The van der Waals surface area contributed by atoms with Gasteiger partial charge in [-0.2, -0.15) is 0 Å². The van der Waals surface area contributed by atoms with Crippen LogP contribution < -0.4 is 5.32 Å². The summed E-state index contributed by atoms with van der Waals surface area (Å²) < 4.78 is 0.